The molecule has 1 aromatic carbocycles. The van der Waals surface area contributed by atoms with Crippen LogP contribution < -0.4 is 0 Å². The van der Waals surface area contributed by atoms with Crippen LogP contribution in [0.2, 0.25) is 5.28 Å². The van der Waals surface area contributed by atoms with Gasteiger partial charge in [-0.1, -0.05) is 18.2 Å². The summed E-state index contributed by atoms with van der Waals surface area (Å²) >= 11 is 5.76. The van der Waals surface area contributed by atoms with Crippen LogP contribution in [0.25, 0.3) is 11.3 Å². The fourth-order valence-electron chi connectivity index (χ4n) is 2.52. The predicted octanol–water partition coefficient (Wildman–Crippen LogP) is 3.36. The zero-order chi connectivity index (χ0) is 13.9. The molecule has 19 heavy (non-hydrogen) atoms. The average Bonchev–Trinajstić information content (AvgIpc) is 3.15. The maximum atomic E-state index is 14.0. The fraction of sp³-hybridized carbons (Fsp3) is 0.214. The van der Waals surface area contributed by atoms with E-state index < -0.39 is 5.82 Å². The highest BCUT2D eigenvalue weighted by Gasteiger charge is 2.48. The molecular formula is C14H9ClFN3. The molecule has 5 heteroatoms. The van der Waals surface area contributed by atoms with Crippen LogP contribution in [-0.4, -0.2) is 16.2 Å². The lowest BCUT2D eigenvalue weighted by atomic mass is 9.96. The number of aliphatic imine (C=N–C) groups is 1. The molecule has 0 unspecified atom stereocenters. The number of fused-ring (bicyclic) bond motifs is 2. The van der Waals surface area contributed by atoms with Crippen molar-refractivity contribution < 1.29 is 5.76 Å². The van der Waals surface area contributed by atoms with Gasteiger partial charge in [-0.25, -0.2) is 14.4 Å². The molecule has 2 aliphatic rings. The SMILES string of the molecule is [2H]C1=NC2(CC2)c2cccc(-c3nc(Cl)ncc3F)c21. The minimum atomic E-state index is -0.549. The van der Waals surface area contributed by atoms with Crippen molar-refractivity contribution in [1.29, 1.82) is 0 Å². The van der Waals surface area contributed by atoms with Gasteiger partial charge in [0.05, 0.1) is 13.1 Å². The molecule has 0 atom stereocenters. The molecule has 0 N–H and O–H groups in total. The Morgan fingerprint density at radius 2 is 2.21 bits per heavy atom. The van der Waals surface area contributed by atoms with Crippen molar-refractivity contribution in [3.63, 3.8) is 0 Å². The molecule has 0 amide bonds. The monoisotopic (exact) mass is 274 g/mol. The van der Waals surface area contributed by atoms with Crippen LogP contribution in [0.3, 0.4) is 0 Å². The predicted molar refractivity (Wildman–Crippen MR) is 70.9 cm³/mol. The Morgan fingerprint density at radius 1 is 1.37 bits per heavy atom. The maximum Gasteiger partial charge on any atom is 0.223 e. The second-order valence-electron chi connectivity index (χ2n) is 4.82. The summed E-state index contributed by atoms with van der Waals surface area (Å²) in [5.74, 6) is -0.549. The van der Waals surface area contributed by atoms with E-state index in [1.54, 1.807) is 6.07 Å². The van der Waals surface area contributed by atoms with E-state index in [9.17, 15) is 4.39 Å². The first kappa shape index (κ1) is 10.0. The van der Waals surface area contributed by atoms with Crippen molar-refractivity contribution in [1.82, 2.24) is 9.97 Å². The van der Waals surface area contributed by atoms with Crippen LogP contribution >= 0.6 is 11.6 Å². The van der Waals surface area contributed by atoms with E-state index in [2.05, 4.69) is 15.0 Å². The molecule has 1 aromatic heterocycles. The van der Waals surface area contributed by atoms with E-state index in [-0.39, 0.29) is 22.7 Å². The molecule has 1 spiro atoms. The van der Waals surface area contributed by atoms with Crippen LogP contribution in [0.5, 0.6) is 0 Å². The molecule has 1 aliphatic heterocycles. The Kier molecular flexibility index (Phi) is 1.90. The first-order chi connectivity index (χ1) is 9.61. The molecule has 2 aromatic rings. The summed E-state index contributed by atoms with van der Waals surface area (Å²) < 4.78 is 22.0. The van der Waals surface area contributed by atoms with Crippen LogP contribution in [0, 0.1) is 5.82 Å². The molecular weight excluding hydrogens is 265 g/mol. The maximum absolute atomic E-state index is 14.0. The fourth-order valence-corrected chi connectivity index (χ4v) is 2.65. The number of aromatic nitrogens is 2. The summed E-state index contributed by atoms with van der Waals surface area (Å²) in [6, 6.07) is 5.54. The van der Waals surface area contributed by atoms with Gasteiger partial charge in [0.1, 0.15) is 5.69 Å². The highest BCUT2D eigenvalue weighted by molar-refractivity contribution is 6.28. The van der Waals surface area contributed by atoms with E-state index in [4.69, 9.17) is 13.0 Å². The summed E-state index contributed by atoms with van der Waals surface area (Å²) in [5, 5.41) is -0.0124. The van der Waals surface area contributed by atoms with E-state index in [0.717, 1.165) is 24.6 Å². The number of halogens is 2. The van der Waals surface area contributed by atoms with Crippen molar-refractivity contribution in [2.45, 2.75) is 18.4 Å². The van der Waals surface area contributed by atoms with Crippen molar-refractivity contribution >= 4 is 17.8 Å². The largest absolute Gasteiger partial charge is 0.281 e. The third-order valence-corrected chi connectivity index (χ3v) is 3.82. The second kappa shape index (κ2) is 3.61. The number of hydrogen-bond acceptors (Lipinski definition) is 3. The highest BCUT2D eigenvalue weighted by Crippen LogP contribution is 2.54. The zero-order valence-corrected chi connectivity index (χ0v) is 10.6. The quantitative estimate of drug-likeness (QED) is 0.748. The molecule has 0 radical (unpaired) electrons. The molecule has 2 heterocycles. The average molecular weight is 275 g/mol. The summed E-state index contributed by atoms with van der Waals surface area (Å²) in [4.78, 5) is 12.0. The van der Waals surface area contributed by atoms with Crippen LogP contribution in [0.4, 0.5) is 4.39 Å². The first-order valence-electron chi connectivity index (χ1n) is 6.49. The summed E-state index contributed by atoms with van der Waals surface area (Å²) in [6.07, 6.45) is 3.13. The van der Waals surface area contributed by atoms with Gasteiger partial charge in [-0.15, -0.1) is 0 Å². The van der Waals surface area contributed by atoms with Gasteiger partial charge in [-0.05, 0) is 30.0 Å². The van der Waals surface area contributed by atoms with Gasteiger partial charge < -0.3 is 0 Å². The third-order valence-electron chi connectivity index (χ3n) is 3.64. The van der Waals surface area contributed by atoms with Gasteiger partial charge in [-0.3, -0.25) is 4.99 Å². The van der Waals surface area contributed by atoms with Gasteiger partial charge in [-0.2, -0.15) is 0 Å². The highest BCUT2D eigenvalue weighted by atomic mass is 35.5. The van der Waals surface area contributed by atoms with Crippen LogP contribution in [0.1, 0.15) is 25.3 Å². The Balaban J connectivity index is 2.00. The Morgan fingerprint density at radius 3 is 3.00 bits per heavy atom. The molecule has 0 bridgehead atoms. The van der Waals surface area contributed by atoms with E-state index in [0.29, 0.717) is 11.1 Å². The Hall–Kier alpha value is -1.81. The molecule has 0 saturated heterocycles. The van der Waals surface area contributed by atoms with Crippen LogP contribution in [-0.2, 0) is 5.54 Å². The van der Waals surface area contributed by atoms with Crippen LogP contribution in [0.15, 0.2) is 29.4 Å². The lowest BCUT2D eigenvalue weighted by Crippen LogP contribution is -2.01. The molecule has 3 nitrogen and oxygen atoms in total. The van der Waals surface area contributed by atoms with E-state index >= 15 is 0 Å². The van der Waals surface area contributed by atoms with Crippen molar-refractivity contribution in [3.05, 3.63) is 46.6 Å². The minimum absolute atomic E-state index is 0.0124. The number of rotatable bonds is 1. The summed E-state index contributed by atoms with van der Waals surface area (Å²) in [6.45, 7) is 0. The van der Waals surface area contributed by atoms with Gasteiger partial charge in [0.25, 0.3) is 0 Å². The third kappa shape index (κ3) is 1.53. The van der Waals surface area contributed by atoms with Crippen molar-refractivity contribution in [2.24, 2.45) is 4.99 Å². The molecule has 94 valence electrons. The van der Waals surface area contributed by atoms with Gasteiger partial charge in [0, 0.05) is 17.3 Å². The molecule has 4 rings (SSSR count). The Bertz CT molecular complexity index is 771. The first-order valence-corrected chi connectivity index (χ1v) is 6.37. The number of nitrogens with zero attached hydrogens (tertiary/aromatic N) is 3. The molecule has 1 aliphatic carbocycles. The van der Waals surface area contributed by atoms with Gasteiger partial charge in [0.2, 0.25) is 5.28 Å². The van der Waals surface area contributed by atoms with Gasteiger partial charge in [0.15, 0.2) is 5.82 Å². The second-order valence-corrected chi connectivity index (χ2v) is 5.16. The van der Waals surface area contributed by atoms with E-state index in [1.807, 2.05) is 12.1 Å². The number of benzene rings is 1. The lowest BCUT2D eigenvalue weighted by molar-refractivity contribution is 0.618. The topological polar surface area (TPSA) is 38.1 Å². The zero-order valence-electron chi connectivity index (χ0n) is 10.8. The van der Waals surface area contributed by atoms with Crippen molar-refractivity contribution in [2.75, 3.05) is 0 Å². The Labute approximate surface area is 115 Å². The van der Waals surface area contributed by atoms with E-state index in [1.165, 1.54) is 0 Å². The minimum Gasteiger partial charge on any atom is -0.281 e. The normalized spacial score (nSPS) is 19.1. The smallest absolute Gasteiger partial charge is 0.223 e. The van der Waals surface area contributed by atoms with Crippen molar-refractivity contribution in [3.8, 4) is 11.3 Å². The van der Waals surface area contributed by atoms with Gasteiger partial charge >= 0.3 is 0 Å². The standard InChI is InChI=1S/C14H9ClFN3/c15-13-17-7-11(16)12(19-13)8-2-1-3-10-9(8)6-18-14(10)4-5-14/h1-3,6-7H,4-5H2/i6D. The number of hydrogen-bond donors (Lipinski definition) is 0. The summed E-state index contributed by atoms with van der Waals surface area (Å²) in [5.41, 5.74) is 2.10. The molecule has 1 fully saturated rings. The lowest BCUT2D eigenvalue weighted by Gasteiger charge is -2.10. The summed E-state index contributed by atoms with van der Waals surface area (Å²) in [7, 11) is 0. The molecule has 1 saturated carbocycles.